The van der Waals surface area contributed by atoms with E-state index in [-0.39, 0.29) is 6.03 Å². The van der Waals surface area contributed by atoms with Gasteiger partial charge in [-0.3, -0.25) is 0 Å². The van der Waals surface area contributed by atoms with Crippen molar-refractivity contribution in [3.05, 3.63) is 12.2 Å². The van der Waals surface area contributed by atoms with Gasteiger partial charge in [-0.2, -0.15) is 0 Å². The van der Waals surface area contributed by atoms with Gasteiger partial charge in [0.05, 0.1) is 0 Å². The van der Waals surface area contributed by atoms with Gasteiger partial charge in [-0.05, 0) is 34.1 Å². The lowest BCUT2D eigenvalue weighted by Crippen LogP contribution is -2.50. The summed E-state index contributed by atoms with van der Waals surface area (Å²) in [4.78, 5) is 15.1. The van der Waals surface area contributed by atoms with Gasteiger partial charge in [0.1, 0.15) is 0 Å². The fraction of sp³-hybridized carbons (Fsp3) is 0.750. The fourth-order valence-electron chi connectivity index (χ4n) is 1.37. The molecule has 2 amide bonds. The first kappa shape index (κ1) is 14.0. The zero-order chi connectivity index (χ0) is 11.8. The summed E-state index contributed by atoms with van der Waals surface area (Å²) in [5, 5.41) is 0. The molecule has 3 heteroatoms. The second-order valence-electron chi connectivity index (χ2n) is 4.01. The SMILES string of the molecule is C/C=C/C.CC(C)N1CCCN(C)C1=O. The summed E-state index contributed by atoms with van der Waals surface area (Å²) in [6.45, 7) is 9.93. The summed E-state index contributed by atoms with van der Waals surface area (Å²) in [5.41, 5.74) is 0. The molecule has 0 atom stereocenters. The molecule has 3 nitrogen and oxygen atoms in total. The van der Waals surface area contributed by atoms with Gasteiger partial charge < -0.3 is 9.80 Å². The highest BCUT2D eigenvalue weighted by atomic mass is 16.2. The summed E-state index contributed by atoms with van der Waals surface area (Å²) >= 11 is 0. The first-order valence-electron chi connectivity index (χ1n) is 5.63. The molecule has 0 bridgehead atoms. The quantitative estimate of drug-likeness (QED) is 0.613. The van der Waals surface area contributed by atoms with Crippen molar-refractivity contribution in [3.63, 3.8) is 0 Å². The minimum atomic E-state index is 0.172. The van der Waals surface area contributed by atoms with E-state index in [0.717, 1.165) is 19.5 Å². The largest absolute Gasteiger partial charge is 0.328 e. The zero-order valence-electron chi connectivity index (χ0n) is 10.7. The molecular weight excluding hydrogens is 188 g/mol. The smallest absolute Gasteiger partial charge is 0.319 e. The highest BCUT2D eigenvalue weighted by Gasteiger charge is 2.23. The lowest BCUT2D eigenvalue weighted by molar-refractivity contribution is 0.127. The van der Waals surface area contributed by atoms with E-state index in [9.17, 15) is 4.79 Å². The Bertz CT molecular complexity index is 208. The van der Waals surface area contributed by atoms with Crippen LogP contribution in [-0.4, -0.2) is 42.0 Å². The van der Waals surface area contributed by atoms with Crippen molar-refractivity contribution in [3.8, 4) is 0 Å². The number of amides is 2. The van der Waals surface area contributed by atoms with Gasteiger partial charge in [0.15, 0.2) is 0 Å². The van der Waals surface area contributed by atoms with Crippen LogP contribution in [0.5, 0.6) is 0 Å². The fourth-order valence-corrected chi connectivity index (χ4v) is 1.37. The molecule has 1 heterocycles. The van der Waals surface area contributed by atoms with Gasteiger partial charge in [0.25, 0.3) is 0 Å². The van der Waals surface area contributed by atoms with Gasteiger partial charge in [-0.15, -0.1) is 0 Å². The Balaban J connectivity index is 0.000000423. The third-order valence-corrected chi connectivity index (χ3v) is 2.42. The number of nitrogens with zero attached hydrogens (tertiary/aromatic N) is 2. The van der Waals surface area contributed by atoms with Crippen LogP contribution < -0.4 is 0 Å². The Kier molecular flexibility index (Phi) is 6.84. The number of urea groups is 1. The van der Waals surface area contributed by atoms with Crippen molar-refractivity contribution in [1.82, 2.24) is 9.80 Å². The van der Waals surface area contributed by atoms with Crippen LogP contribution in [0.1, 0.15) is 34.1 Å². The molecule has 88 valence electrons. The molecule has 0 saturated carbocycles. The van der Waals surface area contributed by atoms with Gasteiger partial charge in [-0.25, -0.2) is 4.79 Å². The third kappa shape index (κ3) is 4.86. The maximum Gasteiger partial charge on any atom is 0.319 e. The van der Waals surface area contributed by atoms with E-state index in [0.29, 0.717) is 6.04 Å². The predicted octanol–water partition coefficient (Wildman–Crippen LogP) is 2.73. The minimum Gasteiger partial charge on any atom is -0.328 e. The summed E-state index contributed by atoms with van der Waals surface area (Å²) in [5.74, 6) is 0. The molecule has 1 rings (SSSR count). The van der Waals surface area contributed by atoms with Crippen LogP contribution in [0.2, 0.25) is 0 Å². The average Bonchev–Trinajstić information content (AvgIpc) is 2.22. The third-order valence-electron chi connectivity index (χ3n) is 2.42. The number of allylic oxidation sites excluding steroid dienone is 2. The second kappa shape index (κ2) is 7.32. The van der Waals surface area contributed by atoms with Gasteiger partial charge in [0.2, 0.25) is 0 Å². The molecule has 0 unspecified atom stereocenters. The number of carbonyl (C=O) groups is 1. The monoisotopic (exact) mass is 212 g/mol. The van der Waals surface area contributed by atoms with Crippen LogP contribution in [0.3, 0.4) is 0 Å². The van der Waals surface area contributed by atoms with E-state index >= 15 is 0 Å². The normalized spacial score (nSPS) is 17.1. The molecular formula is C12H24N2O. The number of hydrogen-bond donors (Lipinski definition) is 0. The van der Waals surface area contributed by atoms with Crippen molar-refractivity contribution in [1.29, 1.82) is 0 Å². The molecule has 1 saturated heterocycles. The maximum atomic E-state index is 11.4. The van der Waals surface area contributed by atoms with Crippen LogP contribution in [0.4, 0.5) is 4.79 Å². The van der Waals surface area contributed by atoms with Gasteiger partial charge in [0, 0.05) is 26.2 Å². The summed E-state index contributed by atoms with van der Waals surface area (Å²) < 4.78 is 0. The van der Waals surface area contributed by atoms with Crippen molar-refractivity contribution in [2.45, 2.75) is 40.2 Å². The summed E-state index contributed by atoms with van der Waals surface area (Å²) in [6.07, 6.45) is 5.10. The van der Waals surface area contributed by atoms with Crippen molar-refractivity contribution >= 4 is 6.03 Å². The molecule has 0 radical (unpaired) electrons. The van der Waals surface area contributed by atoms with Crippen molar-refractivity contribution < 1.29 is 4.79 Å². The van der Waals surface area contributed by atoms with Crippen LogP contribution in [0, 0.1) is 0 Å². The van der Waals surface area contributed by atoms with E-state index < -0.39 is 0 Å². The Hall–Kier alpha value is -0.990. The Morgan fingerprint density at radius 1 is 1.20 bits per heavy atom. The molecule has 0 spiro atoms. The molecule has 1 aliphatic rings. The Labute approximate surface area is 93.7 Å². The highest BCUT2D eigenvalue weighted by Crippen LogP contribution is 2.09. The molecule has 0 aromatic carbocycles. The Morgan fingerprint density at radius 3 is 2.07 bits per heavy atom. The van der Waals surface area contributed by atoms with Crippen molar-refractivity contribution in [2.75, 3.05) is 20.1 Å². The van der Waals surface area contributed by atoms with Crippen LogP contribution in [0.15, 0.2) is 12.2 Å². The molecule has 1 fully saturated rings. The molecule has 15 heavy (non-hydrogen) atoms. The standard InChI is InChI=1S/C8H16N2O.C4H8/c1-7(2)10-6-4-5-9(3)8(10)11;1-3-4-2/h7H,4-6H2,1-3H3;3-4H,1-2H3/b;4-3+. The lowest BCUT2D eigenvalue weighted by Gasteiger charge is -2.35. The summed E-state index contributed by atoms with van der Waals surface area (Å²) in [6, 6.07) is 0.511. The maximum absolute atomic E-state index is 11.4. The average molecular weight is 212 g/mol. The van der Waals surface area contributed by atoms with Gasteiger partial charge in [-0.1, -0.05) is 12.2 Å². The topological polar surface area (TPSA) is 23.6 Å². The predicted molar refractivity (Wildman–Crippen MR) is 65.0 cm³/mol. The van der Waals surface area contributed by atoms with E-state index in [4.69, 9.17) is 0 Å². The molecule has 0 aromatic heterocycles. The Morgan fingerprint density at radius 2 is 1.73 bits per heavy atom. The number of carbonyl (C=O) groups excluding carboxylic acids is 1. The molecule has 0 aliphatic carbocycles. The van der Waals surface area contributed by atoms with Crippen molar-refractivity contribution in [2.24, 2.45) is 0 Å². The van der Waals surface area contributed by atoms with E-state index in [1.54, 1.807) is 4.90 Å². The number of hydrogen-bond acceptors (Lipinski definition) is 1. The summed E-state index contributed by atoms with van der Waals surface area (Å²) in [7, 11) is 1.86. The highest BCUT2D eigenvalue weighted by molar-refractivity contribution is 5.75. The van der Waals surface area contributed by atoms with Crippen LogP contribution in [0.25, 0.3) is 0 Å². The van der Waals surface area contributed by atoms with Crippen LogP contribution in [-0.2, 0) is 0 Å². The first-order chi connectivity index (χ1) is 7.04. The molecule has 1 aliphatic heterocycles. The number of rotatable bonds is 1. The van der Waals surface area contributed by atoms with Gasteiger partial charge >= 0.3 is 6.03 Å². The van der Waals surface area contributed by atoms with E-state index in [1.807, 2.05) is 37.9 Å². The first-order valence-corrected chi connectivity index (χ1v) is 5.63. The van der Waals surface area contributed by atoms with Crippen LogP contribution >= 0.6 is 0 Å². The van der Waals surface area contributed by atoms with E-state index in [2.05, 4.69) is 13.8 Å². The zero-order valence-corrected chi connectivity index (χ0v) is 10.7. The van der Waals surface area contributed by atoms with E-state index in [1.165, 1.54) is 0 Å². The lowest BCUT2D eigenvalue weighted by atomic mass is 10.2. The minimum absolute atomic E-state index is 0.172. The molecule has 0 N–H and O–H groups in total. The molecule has 0 aromatic rings. The second-order valence-corrected chi connectivity index (χ2v) is 4.01.